The summed E-state index contributed by atoms with van der Waals surface area (Å²) in [4.78, 5) is 24.9. The molecule has 2 aromatic carbocycles. The number of nitrogens with zero attached hydrogens (tertiary/aromatic N) is 2. The maximum Gasteiger partial charge on any atom is 0.265 e. The monoisotopic (exact) mass is 375 g/mol. The van der Waals surface area contributed by atoms with Crippen molar-refractivity contribution in [3.8, 4) is 11.6 Å². The molecule has 0 aliphatic heterocycles. The quantitative estimate of drug-likeness (QED) is 0.543. The third-order valence-electron chi connectivity index (χ3n) is 5.17. The van der Waals surface area contributed by atoms with Crippen molar-refractivity contribution in [2.75, 3.05) is 0 Å². The van der Waals surface area contributed by atoms with Crippen LogP contribution >= 0.6 is 0 Å². The van der Waals surface area contributed by atoms with Gasteiger partial charge in [-0.2, -0.15) is 5.10 Å². The van der Waals surface area contributed by atoms with Gasteiger partial charge < -0.3 is 5.11 Å². The summed E-state index contributed by atoms with van der Waals surface area (Å²) in [7, 11) is 0. The summed E-state index contributed by atoms with van der Waals surface area (Å²) in [6, 6.07) is 12.6. The summed E-state index contributed by atoms with van der Waals surface area (Å²) in [5.74, 6) is -0.300. The highest BCUT2D eigenvalue weighted by Gasteiger charge is 2.29. The summed E-state index contributed by atoms with van der Waals surface area (Å²) >= 11 is 0. The molecule has 0 spiro atoms. The van der Waals surface area contributed by atoms with Crippen LogP contribution in [-0.2, 0) is 4.79 Å². The highest BCUT2D eigenvalue weighted by molar-refractivity contribution is 6.02. The second-order valence-electron chi connectivity index (χ2n) is 7.20. The number of carbonyl (C=O) groups is 1. The standard InChI is InChI=1S/C22H21N3O3/c1-13-7-10-16(11-14(13)2)25-21(27)18-6-4-3-5-17(18)19(22(25)28)12-23-24-20(26)15-8-9-15/h3-7,10-12,15,28H,8-9H2,1-2H3,(H,24,26)/b23-12+. The van der Waals surface area contributed by atoms with Gasteiger partial charge in [0.2, 0.25) is 11.8 Å². The third kappa shape index (κ3) is 3.17. The molecule has 1 amide bonds. The lowest BCUT2D eigenvalue weighted by atomic mass is 10.1. The van der Waals surface area contributed by atoms with Crippen LogP contribution in [0.1, 0.15) is 29.5 Å². The molecule has 6 nitrogen and oxygen atoms in total. The first-order chi connectivity index (χ1) is 13.5. The number of fused-ring (bicyclic) bond motifs is 1. The minimum Gasteiger partial charge on any atom is -0.494 e. The van der Waals surface area contributed by atoms with Gasteiger partial charge in [0.1, 0.15) is 0 Å². The number of pyridine rings is 1. The molecule has 6 heteroatoms. The van der Waals surface area contributed by atoms with Crippen LogP contribution in [0.25, 0.3) is 16.5 Å². The largest absolute Gasteiger partial charge is 0.494 e. The molecular weight excluding hydrogens is 354 g/mol. The molecule has 1 aromatic heterocycles. The van der Waals surface area contributed by atoms with Crippen molar-refractivity contribution in [1.82, 2.24) is 9.99 Å². The fraction of sp³-hybridized carbons (Fsp3) is 0.227. The first-order valence-corrected chi connectivity index (χ1v) is 9.24. The van der Waals surface area contributed by atoms with E-state index in [-0.39, 0.29) is 23.3 Å². The molecule has 1 aliphatic rings. The van der Waals surface area contributed by atoms with E-state index in [1.54, 1.807) is 30.3 Å². The Morgan fingerprint density at radius 3 is 2.54 bits per heavy atom. The molecule has 1 saturated carbocycles. The Bertz CT molecular complexity index is 1170. The van der Waals surface area contributed by atoms with Crippen molar-refractivity contribution in [2.24, 2.45) is 11.0 Å². The van der Waals surface area contributed by atoms with Gasteiger partial charge in [-0.05, 0) is 56.0 Å². The minimum atomic E-state index is -0.310. The Balaban J connectivity index is 1.88. The normalized spacial score (nSPS) is 13.9. The Kier molecular flexibility index (Phi) is 4.47. The van der Waals surface area contributed by atoms with Gasteiger partial charge in [-0.25, -0.2) is 9.99 Å². The molecule has 0 radical (unpaired) electrons. The van der Waals surface area contributed by atoms with Crippen molar-refractivity contribution in [2.45, 2.75) is 26.7 Å². The van der Waals surface area contributed by atoms with Crippen LogP contribution in [-0.4, -0.2) is 21.8 Å². The lowest BCUT2D eigenvalue weighted by Crippen LogP contribution is -2.21. The summed E-state index contributed by atoms with van der Waals surface area (Å²) in [6.45, 7) is 3.94. The van der Waals surface area contributed by atoms with Crippen LogP contribution in [0.2, 0.25) is 0 Å². The van der Waals surface area contributed by atoms with Crippen LogP contribution in [0, 0.1) is 19.8 Å². The van der Waals surface area contributed by atoms with E-state index in [1.807, 2.05) is 26.0 Å². The van der Waals surface area contributed by atoms with Crippen LogP contribution < -0.4 is 11.0 Å². The molecule has 0 saturated heterocycles. The molecule has 1 fully saturated rings. The number of aromatic nitrogens is 1. The number of rotatable bonds is 4. The number of benzene rings is 2. The predicted octanol–water partition coefficient (Wildman–Crippen LogP) is 3.17. The van der Waals surface area contributed by atoms with Crippen LogP contribution in [0.15, 0.2) is 52.4 Å². The molecule has 0 unspecified atom stereocenters. The van der Waals surface area contributed by atoms with Gasteiger partial charge in [0.05, 0.1) is 17.5 Å². The first-order valence-electron chi connectivity index (χ1n) is 9.24. The highest BCUT2D eigenvalue weighted by atomic mass is 16.3. The summed E-state index contributed by atoms with van der Waals surface area (Å²) in [5.41, 5.74) is 5.27. The van der Waals surface area contributed by atoms with Gasteiger partial charge in [-0.15, -0.1) is 0 Å². The molecule has 0 bridgehead atoms. The van der Waals surface area contributed by atoms with E-state index >= 15 is 0 Å². The molecule has 142 valence electrons. The van der Waals surface area contributed by atoms with Crippen LogP contribution in [0.4, 0.5) is 0 Å². The zero-order chi connectivity index (χ0) is 19.8. The molecule has 2 N–H and O–H groups in total. The number of hydrogen-bond acceptors (Lipinski definition) is 4. The number of aryl methyl sites for hydroxylation is 2. The van der Waals surface area contributed by atoms with Crippen LogP contribution in [0.5, 0.6) is 5.88 Å². The van der Waals surface area contributed by atoms with Gasteiger partial charge in [0.15, 0.2) is 0 Å². The zero-order valence-electron chi connectivity index (χ0n) is 15.8. The SMILES string of the molecule is Cc1ccc(-n2c(O)c(/C=N/NC(=O)C3CC3)c3ccccc3c2=O)cc1C. The smallest absolute Gasteiger partial charge is 0.265 e. The zero-order valence-corrected chi connectivity index (χ0v) is 15.8. The topological polar surface area (TPSA) is 83.7 Å². The van der Waals surface area contributed by atoms with Gasteiger partial charge in [-0.1, -0.05) is 24.3 Å². The average Bonchev–Trinajstić information content (AvgIpc) is 3.52. The highest BCUT2D eigenvalue weighted by Crippen LogP contribution is 2.29. The number of hydrazone groups is 1. The van der Waals surface area contributed by atoms with Gasteiger partial charge in [-0.3, -0.25) is 9.59 Å². The number of aromatic hydroxyl groups is 1. The Labute approximate surface area is 162 Å². The van der Waals surface area contributed by atoms with Crippen LogP contribution in [0.3, 0.4) is 0 Å². The second-order valence-corrected chi connectivity index (χ2v) is 7.20. The molecule has 3 aromatic rings. The van der Waals surface area contributed by atoms with Crippen molar-refractivity contribution >= 4 is 22.9 Å². The Morgan fingerprint density at radius 2 is 1.86 bits per heavy atom. The molecule has 28 heavy (non-hydrogen) atoms. The van der Waals surface area contributed by atoms with Crippen molar-refractivity contribution in [3.63, 3.8) is 0 Å². The lowest BCUT2D eigenvalue weighted by Gasteiger charge is -2.14. The average molecular weight is 375 g/mol. The van der Waals surface area contributed by atoms with Gasteiger partial charge in [0.25, 0.3) is 5.56 Å². The number of carbonyl (C=O) groups excluding carboxylic acids is 1. The predicted molar refractivity (Wildman–Crippen MR) is 109 cm³/mol. The maximum absolute atomic E-state index is 13.1. The van der Waals surface area contributed by atoms with E-state index in [0.717, 1.165) is 24.0 Å². The Hall–Kier alpha value is -3.41. The van der Waals surface area contributed by atoms with E-state index in [2.05, 4.69) is 10.5 Å². The molecule has 1 aliphatic carbocycles. The van der Waals surface area contributed by atoms with Crippen molar-refractivity contribution in [3.05, 3.63) is 69.5 Å². The number of nitrogens with one attached hydrogen (secondary N) is 1. The van der Waals surface area contributed by atoms with E-state index in [1.165, 1.54) is 10.8 Å². The summed E-state index contributed by atoms with van der Waals surface area (Å²) < 4.78 is 1.28. The molecule has 1 heterocycles. The van der Waals surface area contributed by atoms with E-state index in [9.17, 15) is 14.7 Å². The number of hydrogen-bond donors (Lipinski definition) is 2. The van der Waals surface area contributed by atoms with E-state index in [4.69, 9.17) is 0 Å². The second kappa shape index (κ2) is 6.96. The van der Waals surface area contributed by atoms with Gasteiger partial charge >= 0.3 is 0 Å². The lowest BCUT2D eigenvalue weighted by molar-refractivity contribution is -0.122. The van der Waals surface area contributed by atoms with Crippen molar-refractivity contribution in [1.29, 1.82) is 0 Å². The summed E-state index contributed by atoms with van der Waals surface area (Å²) in [6.07, 6.45) is 3.16. The third-order valence-corrected chi connectivity index (χ3v) is 5.17. The molecular formula is C22H21N3O3. The van der Waals surface area contributed by atoms with Crippen molar-refractivity contribution < 1.29 is 9.90 Å². The van der Waals surface area contributed by atoms with E-state index < -0.39 is 0 Å². The fourth-order valence-electron chi connectivity index (χ4n) is 3.19. The maximum atomic E-state index is 13.1. The van der Waals surface area contributed by atoms with Gasteiger partial charge in [0, 0.05) is 16.7 Å². The molecule has 4 rings (SSSR count). The first kappa shape index (κ1) is 18.0. The molecule has 0 atom stereocenters. The number of amides is 1. The minimum absolute atomic E-state index is 0.0342. The summed E-state index contributed by atoms with van der Waals surface area (Å²) in [5, 5.41) is 16.0. The van der Waals surface area contributed by atoms with E-state index in [0.29, 0.717) is 22.0 Å². The fourth-order valence-corrected chi connectivity index (χ4v) is 3.19. The Morgan fingerprint density at radius 1 is 1.14 bits per heavy atom.